The van der Waals surface area contributed by atoms with Crippen molar-refractivity contribution in [3.63, 3.8) is 0 Å². The molecule has 0 amide bonds. The number of nitrogens with zero attached hydrogens (tertiary/aromatic N) is 4. The van der Waals surface area contributed by atoms with Gasteiger partial charge in [-0.3, -0.25) is 0 Å². The number of hydrogen-bond donors (Lipinski definition) is 0. The molecule has 2 aromatic heterocycles. The van der Waals surface area contributed by atoms with E-state index in [4.69, 9.17) is 19.4 Å². The van der Waals surface area contributed by atoms with E-state index in [0.717, 1.165) is 33.4 Å². The summed E-state index contributed by atoms with van der Waals surface area (Å²) in [6, 6.07) is 45.9. The van der Waals surface area contributed by atoms with E-state index in [1.165, 1.54) is 22.5 Å². The van der Waals surface area contributed by atoms with Crippen LogP contribution in [0.1, 0.15) is 22.8 Å². The van der Waals surface area contributed by atoms with Crippen LogP contribution in [0.4, 0.5) is 11.4 Å². The van der Waals surface area contributed by atoms with Crippen molar-refractivity contribution in [1.82, 2.24) is 15.0 Å². The molecule has 5 nitrogen and oxygen atoms in total. The summed E-state index contributed by atoms with van der Waals surface area (Å²) in [6.07, 6.45) is 4.42. The lowest BCUT2D eigenvalue weighted by Gasteiger charge is -2.30. The topological polar surface area (TPSA) is 55.1 Å². The summed E-state index contributed by atoms with van der Waals surface area (Å²) >= 11 is 0. The van der Waals surface area contributed by atoms with E-state index >= 15 is 0 Å². The molecule has 9 rings (SSSR count). The SMILES string of the molecule is C1=CC2C(c3ccccc3N2c2ccccc2)c2c1oc1c(-c3nc(-c4ccccc4)nc(-c4ccccc4)n3)cccc21. The van der Waals surface area contributed by atoms with Crippen LogP contribution >= 0.6 is 0 Å². The van der Waals surface area contributed by atoms with Crippen LogP contribution in [0.3, 0.4) is 0 Å². The predicted octanol–water partition coefficient (Wildman–Crippen LogP) is 9.30. The van der Waals surface area contributed by atoms with Crippen LogP contribution in [0, 0.1) is 0 Å². The van der Waals surface area contributed by atoms with Crippen molar-refractivity contribution >= 4 is 28.4 Å². The first kappa shape index (κ1) is 24.8. The molecule has 5 aromatic carbocycles. The maximum Gasteiger partial charge on any atom is 0.167 e. The zero-order chi connectivity index (χ0) is 29.0. The lowest BCUT2D eigenvalue weighted by atomic mass is 9.82. The molecule has 3 heterocycles. The van der Waals surface area contributed by atoms with Gasteiger partial charge in [0.25, 0.3) is 0 Å². The maximum absolute atomic E-state index is 6.73. The van der Waals surface area contributed by atoms with Crippen molar-refractivity contribution in [2.45, 2.75) is 12.0 Å². The second kappa shape index (κ2) is 9.89. The van der Waals surface area contributed by atoms with Gasteiger partial charge in [0.15, 0.2) is 17.5 Å². The number of fused-ring (bicyclic) bond motifs is 7. The molecule has 0 bridgehead atoms. The smallest absolute Gasteiger partial charge is 0.167 e. The molecule has 0 spiro atoms. The highest BCUT2D eigenvalue weighted by Crippen LogP contribution is 2.54. The van der Waals surface area contributed by atoms with Crippen molar-refractivity contribution in [1.29, 1.82) is 0 Å². The number of hydrogen-bond acceptors (Lipinski definition) is 5. The second-order valence-electron chi connectivity index (χ2n) is 11.2. The first-order chi connectivity index (χ1) is 21.8. The van der Waals surface area contributed by atoms with Gasteiger partial charge in [-0.15, -0.1) is 0 Å². The highest BCUT2D eigenvalue weighted by Gasteiger charge is 2.43. The quantitative estimate of drug-likeness (QED) is 0.212. The lowest BCUT2D eigenvalue weighted by Crippen LogP contribution is -2.30. The molecule has 0 radical (unpaired) electrons. The van der Waals surface area contributed by atoms with Gasteiger partial charge < -0.3 is 9.32 Å². The predicted molar refractivity (Wildman–Crippen MR) is 176 cm³/mol. The van der Waals surface area contributed by atoms with Crippen LogP contribution in [0.5, 0.6) is 0 Å². The summed E-state index contributed by atoms with van der Waals surface area (Å²) < 4.78 is 6.73. The minimum absolute atomic E-state index is 0.126. The van der Waals surface area contributed by atoms with E-state index in [0.29, 0.717) is 17.5 Å². The number of anilines is 2. The van der Waals surface area contributed by atoms with Gasteiger partial charge in [-0.05, 0) is 35.9 Å². The first-order valence-corrected chi connectivity index (χ1v) is 14.9. The molecular weight excluding hydrogens is 540 g/mol. The first-order valence-electron chi connectivity index (χ1n) is 14.9. The van der Waals surface area contributed by atoms with Gasteiger partial charge in [0.2, 0.25) is 0 Å². The Balaban J connectivity index is 1.24. The summed E-state index contributed by atoms with van der Waals surface area (Å²) in [5, 5.41) is 1.09. The molecule has 208 valence electrons. The maximum atomic E-state index is 6.73. The molecule has 0 fully saturated rings. The third-order valence-corrected chi connectivity index (χ3v) is 8.68. The van der Waals surface area contributed by atoms with Crippen molar-refractivity contribution in [3.05, 3.63) is 156 Å². The van der Waals surface area contributed by atoms with E-state index in [9.17, 15) is 0 Å². The Labute approximate surface area is 254 Å². The van der Waals surface area contributed by atoms with E-state index in [2.05, 4.69) is 89.8 Å². The Morgan fingerprint density at radius 3 is 1.89 bits per heavy atom. The largest absolute Gasteiger partial charge is 0.456 e. The van der Waals surface area contributed by atoms with Gasteiger partial charge in [-0.25, -0.2) is 15.0 Å². The molecule has 1 aliphatic carbocycles. The number of para-hydroxylation sites is 3. The average Bonchev–Trinajstić information content (AvgIpc) is 3.65. The summed E-state index contributed by atoms with van der Waals surface area (Å²) in [6.45, 7) is 0. The summed E-state index contributed by atoms with van der Waals surface area (Å²) in [5.41, 5.74) is 8.45. The Morgan fingerprint density at radius 1 is 0.568 bits per heavy atom. The van der Waals surface area contributed by atoms with Gasteiger partial charge in [0.05, 0.1) is 11.6 Å². The van der Waals surface area contributed by atoms with Gasteiger partial charge in [-0.1, -0.05) is 115 Å². The monoisotopic (exact) mass is 566 g/mol. The molecule has 0 N–H and O–H groups in total. The Bertz CT molecular complexity index is 2130. The Hall–Kier alpha value is -5.81. The third-order valence-electron chi connectivity index (χ3n) is 8.68. The number of rotatable bonds is 4. The van der Waals surface area contributed by atoms with Crippen LogP contribution in [0.25, 0.3) is 51.2 Å². The molecule has 7 aromatic rings. The molecular formula is C39H26N4O. The Kier molecular flexibility index (Phi) is 5.56. The van der Waals surface area contributed by atoms with Crippen LogP contribution in [-0.4, -0.2) is 21.0 Å². The normalized spacial score (nSPS) is 16.5. The zero-order valence-electron chi connectivity index (χ0n) is 23.7. The zero-order valence-corrected chi connectivity index (χ0v) is 23.7. The highest BCUT2D eigenvalue weighted by atomic mass is 16.3. The van der Waals surface area contributed by atoms with E-state index < -0.39 is 0 Å². The molecule has 2 unspecified atom stereocenters. The van der Waals surface area contributed by atoms with Gasteiger partial charge in [0, 0.05) is 39.4 Å². The fourth-order valence-electron chi connectivity index (χ4n) is 6.78. The van der Waals surface area contributed by atoms with Crippen molar-refractivity contribution in [3.8, 4) is 34.2 Å². The van der Waals surface area contributed by atoms with E-state index in [1.807, 2.05) is 60.7 Å². The molecule has 44 heavy (non-hydrogen) atoms. The second-order valence-corrected chi connectivity index (χ2v) is 11.2. The molecule has 1 aliphatic heterocycles. The standard InChI is InChI=1S/C39H26N4O/c1-4-13-25(14-5-1)37-40-38(26-15-6-2-7-16-26)42-39(41-37)30-21-12-20-29-35-33(44-36(29)30)24-23-32-34(35)28-19-10-11-22-31(28)43(32)27-17-8-3-9-18-27/h1-24,32,34H. The van der Waals surface area contributed by atoms with Gasteiger partial charge >= 0.3 is 0 Å². The van der Waals surface area contributed by atoms with Crippen molar-refractivity contribution in [2.24, 2.45) is 0 Å². The van der Waals surface area contributed by atoms with Crippen LogP contribution in [0.2, 0.25) is 0 Å². The Morgan fingerprint density at radius 2 is 1.18 bits per heavy atom. The third kappa shape index (κ3) is 3.83. The molecule has 5 heteroatoms. The van der Waals surface area contributed by atoms with Crippen LogP contribution in [-0.2, 0) is 0 Å². The van der Waals surface area contributed by atoms with Crippen LogP contribution < -0.4 is 4.90 Å². The fourth-order valence-corrected chi connectivity index (χ4v) is 6.78. The van der Waals surface area contributed by atoms with E-state index in [1.54, 1.807) is 0 Å². The summed E-state index contributed by atoms with van der Waals surface area (Å²) in [7, 11) is 0. The van der Waals surface area contributed by atoms with Crippen LogP contribution in [0.15, 0.2) is 144 Å². The number of benzene rings is 5. The van der Waals surface area contributed by atoms with Crippen molar-refractivity contribution in [2.75, 3.05) is 4.90 Å². The lowest BCUT2D eigenvalue weighted by molar-refractivity contribution is 0.584. The molecule has 2 atom stereocenters. The molecule has 0 saturated heterocycles. The minimum Gasteiger partial charge on any atom is -0.456 e. The average molecular weight is 567 g/mol. The molecule has 0 saturated carbocycles. The summed E-state index contributed by atoms with van der Waals surface area (Å²) in [4.78, 5) is 17.3. The fraction of sp³-hybridized carbons (Fsp3) is 0.0513. The molecule has 2 aliphatic rings. The number of aromatic nitrogens is 3. The van der Waals surface area contributed by atoms with Crippen molar-refractivity contribution < 1.29 is 4.42 Å². The minimum atomic E-state index is 0.126. The van der Waals surface area contributed by atoms with Gasteiger partial charge in [-0.2, -0.15) is 0 Å². The van der Waals surface area contributed by atoms with Gasteiger partial charge in [0.1, 0.15) is 11.3 Å². The highest BCUT2D eigenvalue weighted by molar-refractivity contribution is 5.97. The van der Waals surface area contributed by atoms with E-state index in [-0.39, 0.29) is 12.0 Å². The summed E-state index contributed by atoms with van der Waals surface area (Å²) in [5.74, 6) is 2.87. The number of furan rings is 1.